The van der Waals surface area contributed by atoms with Gasteiger partial charge in [-0.15, -0.1) is 5.10 Å². The summed E-state index contributed by atoms with van der Waals surface area (Å²) >= 11 is 1.48. The van der Waals surface area contributed by atoms with Crippen molar-refractivity contribution in [3.05, 3.63) is 0 Å². The Hall–Kier alpha value is -0.660. The number of nitrogens with zero attached hydrogens (tertiary/aromatic N) is 4. The van der Waals surface area contributed by atoms with Gasteiger partial charge in [-0.25, -0.2) is 4.68 Å². The summed E-state index contributed by atoms with van der Waals surface area (Å²) in [5.41, 5.74) is 0. The molecule has 1 unspecified atom stereocenters. The average molecular weight is 244 g/mol. The van der Waals surface area contributed by atoms with E-state index in [0.717, 1.165) is 18.0 Å². The number of hydrogen-bond donors (Lipinski definition) is 1. The van der Waals surface area contributed by atoms with Crippen LogP contribution in [0.25, 0.3) is 0 Å². The Labute approximate surface area is 98.4 Å². The molecule has 1 atom stereocenters. The topological polar surface area (TPSA) is 73.1 Å². The summed E-state index contributed by atoms with van der Waals surface area (Å²) in [4.78, 5) is 0. The Morgan fingerprint density at radius 2 is 2.44 bits per heavy atom. The first-order chi connectivity index (χ1) is 7.81. The maximum absolute atomic E-state index is 9.60. The molecular weight excluding hydrogens is 228 g/mol. The van der Waals surface area contributed by atoms with Gasteiger partial charge in [-0.1, -0.05) is 11.8 Å². The van der Waals surface area contributed by atoms with Crippen molar-refractivity contribution in [2.45, 2.75) is 37.1 Å². The van der Waals surface area contributed by atoms with E-state index in [-0.39, 0.29) is 0 Å². The molecule has 90 valence electrons. The monoisotopic (exact) mass is 244 g/mol. The molecule has 1 saturated carbocycles. The van der Waals surface area contributed by atoms with Gasteiger partial charge in [-0.05, 0) is 30.2 Å². The minimum atomic E-state index is -0.464. The highest BCUT2D eigenvalue weighted by molar-refractivity contribution is 7.99. The molecule has 0 aromatic carbocycles. The quantitative estimate of drug-likeness (QED) is 0.704. The minimum Gasteiger partial charge on any atom is -0.390 e. The van der Waals surface area contributed by atoms with Gasteiger partial charge in [0.05, 0.1) is 18.8 Å². The molecule has 0 saturated heterocycles. The summed E-state index contributed by atoms with van der Waals surface area (Å²) in [5, 5.41) is 21.9. The van der Waals surface area contributed by atoms with Gasteiger partial charge in [0, 0.05) is 12.4 Å². The van der Waals surface area contributed by atoms with Crippen LogP contribution in [0.1, 0.15) is 25.8 Å². The first kappa shape index (κ1) is 11.8. The molecule has 1 N–H and O–H groups in total. The first-order valence-electron chi connectivity index (χ1n) is 5.47. The highest BCUT2D eigenvalue weighted by Crippen LogP contribution is 2.36. The molecule has 1 aliphatic rings. The van der Waals surface area contributed by atoms with E-state index < -0.39 is 6.10 Å². The van der Waals surface area contributed by atoms with E-state index in [9.17, 15) is 5.11 Å². The smallest absolute Gasteiger partial charge is 0.209 e. The van der Waals surface area contributed by atoms with Crippen molar-refractivity contribution in [1.29, 1.82) is 0 Å². The zero-order valence-electron chi connectivity index (χ0n) is 9.24. The molecule has 0 amide bonds. The molecule has 0 bridgehead atoms. The Balaban J connectivity index is 1.77. The molecule has 1 aromatic heterocycles. The van der Waals surface area contributed by atoms with Gasteiger partial charge < -0.3 is 9.84 Å². The van der Waals surface area contributed by atoms with Crippen molar-refractivity contribution < 1.29 is 9.84 Å². The highest BCUT2D eigenvalue weighted by Gasteiger charge is 2.28. The van der Waals surface area contributed by atoms with E-state index in [2.05, 4.69) is 15.5 Å². The zero-order chi connectivity index (χ0) is 11.4. The second-order valence-corrected chi connectivity index (χ2v) is 4.75. The number of aliphatic hydroxyl groups is 1. The van der Waals surface area contributed by atoms with Gasteiger partial charge in [0.2, 0.25) is 5.16 Å². The summed E-state index contributed by atoms with van der Waals surface area (Å²) in [6.07, 6.45) is 1.84. The van der Waals surface area contributed by atoms with Crippen LogP contribution in [0.5, 0.6) is 0 Å². The fraction of sp³-hybridized carbons (Fsp3) is 0.889. The molecule has 7 heteroatoms. The van der Waals surface area contributed by atoms with Crippen LogP contribution in [0.2, 0.25) is 0 Å². The molecule has 6 nitrogen and oxygen atoms in total. The van der Waals surface area contributed by atoms with Crippen molar-refractivity contribution in [3.8, 4) is 0 Å². The van der Waals surface area contributed by atoms with Gasteiger partial charge in [-0.2, -0.15) is 0 Å². The minimum absolute atomic E-state index is 0.370. The van der Waals surface area contributed by atoms with E-state index >= 15 is 0 Å². The number of ether oxygens (including phenoxy) is 1. The summed E-state index contributed by atoms with van der Waals surface area (Å²) in [6, 6.07) is 0.474. The van der Waals surface area contributed by atoms with E-state index in [0.29, 0.717) is 25.0 Å². The molecule has 16 heavy (non-hydrogen) atoms. The van der Waals surface area contributed by atoms with Gasteiger partial charge in [0.25, 0.3) is 0 Å². The molecule has 0 radical (unpaired) electrons. The van der Waals surface area contributed by atoms with Gasteiger partial charge in [0.1, 0.15) is 0 Å². The van der Waals surface area contributed by atoms with E-state index in [1.807, 2.05) is 11.6 Å². The first-order valence-corrected chi connectivity index (χ1v) is 6.46. The largest absolute Gasteiger partial charge is 0.390 e. The van der Waals surface area contributed by atoms with Crippen molar-refractivity contribution in [1.82, 2.24) is 20.2 Å². The summed E-state index contributed by atoms with van der Waals surface area (Å²) < 4.78 is 6.98. The average Bonchev–Trinajstić information content (AvgIpc) is 3.03. The normalized spacial score (nSPS) is 17.6. The predicted octanol–water partition coefficient (Wildman–Crippen LogP) is 0.497. The Morgan fingerprint density at radius 1 is 1.62 bits per heavy atom. The zero-order valence-corrected chi connectivity index (χ0v) is 10.1. The third-order valence-corrected chi connectivity index (χ3v) is 3.35. The molecule has 0 spiro atoms. The third-order valence-electron chi connectivity index (χ3n) is 2.27. The van der Waals surface area contributed by atoms with E-state index in [4.69, 9.17) is 4.74 Å². The number of thioether (sulfide) groups is 1. The third kappa shape index (κ3) is 3.16. The van der Waals surface area contributed by atoms with Crippen LogP contribution in [0.3, 0.4) is 0 Å². The lowest BCUT2D eigenvalue weighted by molar-refractivity contribution is 0.0551. The van der Waals surface area contributed by atoms with E-state index in [1.165, 1.54) is 11.8 Å². The highest BCUT2D eigenvalue weighted by atomic mass is 32.2. The maximum Gasteiger partial charge on any atom is 0.209 e. The fourth-order valence-electron chi connectivity index (χ4n) is 1.30. The standard InChI is InChI=1S/C9H16N4O2S/c1-2-15-5-8(14)6-16-9-10-11-12-13(9)7-3-4-7/h7-8,14H,2-6H2,1H3. The lowest BCUT2D eigenvalue weighted by atomic mass is 10.4. The van der Waals surface area contributed by atoms with Crippen molar-refractivity contribution in [3.63, 3.8) is 0 Å². The Morgan fingerprint density at radius 3 is 3.12 bits per heavy atom. The fourth-order valence-corrected chi connectivity index (χ4v) is 2.15. The molecular formula is C9H16N4O2S. The molecule has 2 rings (SSSR count). The number of aromatic nitrogens is 4. The van der Waals surface area contributed by atoms with Gasteiger partial charge in [-0.3, -0.25) is 0 Å². The van der Waals surface area contributed by atoms with Crippen LogP contribution in [-0.4, -0.2) is 50.4 Å². The molecule has 1 fully saturated rings. The molecule has 1 heterocycles. The van der Waals surface area contributed by atoms with Crippen molar-refractivity contribution >= 4 is 11.8 Å². The summed E-state index contributed by atoms with van der Waals surface area (Å²) in [6.45, 7) is 2.91. The lowest BCUT2D eigenvalue weighted by Crippen LogP contribution is -2.18. The Bertz CT molecular complexity index is 329. The van der Waals surface area contributed by atoms with Gasteiger partial charge >= 0.3 is 0 Å². The summed E-state index contributed by atoms with van der Waals surface area (Å²) in [7, 11) is 0. The van der Waals surface area contributed by atoms with Crippen molar-refractivity contribution in [2.24, 2.45) is 0 Å². The molecule has 0 aliphatic heterocycles. The van der Waals surface area contributed by atoms with Crippen LogP contribution in [0.15, 0.2) is 5.16 Å². The Kier molecular flexibility index (Phi) is 4.14. The number of rotatable bonds is 7. The van der Waals surface area contributed by atoms with Crippen LogP contribution < -0.4 is 0 Å². The van der Waals surface area contributed by atoms with Crippen molar-refractivity contribution in [2.75, 3.05) is 19.0 Å². The van der Waals surface area contributed by atoms with Gasteiger partial charge in [0.15, 0.2) is 0 Å². The van der Waals surface area contributed by atoms with Crippen LogP contribution in [-0.2, 0) is 4.74 Å². The second-order valence-electron chi connectivity index (χ2n) is 3.76. The number of hydrogen-bond acceptors (Lipinski definition) is 6. The second kappa shape index (κ2) is 5.60. The molecule has 1 aromatic rings. The SMILES string of the molecule is CCOCC(O)CSc1nnnn1C1CC1. The van der Waals surface area contributed by atoms with Crippen LogP contribution >= 0.6 is 11.8 Å². The number of aliphatic hydroxyl groups excluding tert-OH is 1. The predicted molar refractivity (Wildman–Crippen MR) is 59.3 cm³/mol. The number of tetrazole rings is 1. The van der Waals surface area contributed by atoms with Crippen LogP contribution in [0.4, 0.5) is 0 Å². The summed E-state index contributed by atoms with van der Waals surface area (Å²) in [5.74, 6) is 0.563. The lowest BCUT2D eigenvalue weighted by Gasteiger charge is -2.09. The molecule has 1 aliphatic carbocycles. The van der Waals surface area contributed by atoms with E-state index in [1.54, 1.807) is 0 Å². The van der Waals surface area contributed by atoms with Crippen LogP contribution in [0, 0.1) is 0 Å². The maximum atomic E-state index is 9.60.